The maximum absolute atomic E-state index is 12.1. The minimum atomic E-state index is -1.04. The summed E-state index contributed by atoms with van der Waals surface area (Å²) in [5.74, 6) is 0. The van der Waals surface area contributed by atoms with Crippen molar-refractivity contribution in [2.45, 2.75) is 44.6 Å². The van der Waals surface area contributed by atoms with Gasteiger partial charge in [-0.1, -0.05) is 12.8 Å². The highest BCUT2D eigenvalue weighted by atomic mass is 32.1. The van der Waals surface area contributed by atoms with Crippen molar-refractivity contribution in [3.05, 3.63) is 22.4 Å². The van der Waals surface area contributed by atoms with E-state index in [-0.39, 0.29) is 18.0 Å². The van der Waals surface area contributed by atoms with Crippen molar-refractivity contribution in [1.82, 2.24) is 10.6 Å². The molecule has 1 unspecified atom stereocenters. The van der Waals surface area contributed by atoms with Gasteiger partial charge in [-0.05, 0) is 54.0 Å². The van der Waals surface area contributed by atoms with Crippen LogP contribution in [0.2, 0.25) is 0 Å². The van der Waals surface area contributed by atoms with E-state index in [9.17, 15) is 9.90 Å². The molecular formula is C17H28N2O3S. The van der Waals surface area contributed by atoms with Crippen LogP contribution in [0, 0.1) is 5.41 Å². The average molecular weight is 340 g/mol. The Morgan fingerprint density at radius 3 is 2.78 bits per heavy atom. The van der Waals surface area contributed by atoms with Gasteiger partial charge in [-0.2, -0.15) is 11.3 Å². The first-order chi connectivity index (χ1) is 11.0. The summed E-state index contributed by atoms with van der Waals surface area (Å²) in [6, 6.07) is 1.66. The van der Waals surface area contributed by atoms with Crippen molar-refractivity contribution >= 4 is 17.4 Å². The molecule has 6 heteroatoms. The number of hydrogen-bond donors (Lipinski definition) is 3. The van der Waals surface area contributed by atoms with Gasteiger partial charge < -0.3 is 20.5 Å². The number of rotatable bonds is 8. The van der Waals surface area contributed by atoms with Crippen LogP contribution in [0.1, 0.15) is 44.6 Å². The first-order valence-corrected chi connectivity index (χ1v) is 9.17. The van der Waals surface area contributed by atoms with Gasteiger partial charge in [0.05, 0.1) is 6.54 Å². The molecule has 0 aliphatic heterocycles. The molecule has 1 heterocycles. The highest BCUT2D eigenvalue weighted by molar-refractivity contribution is 7.08. The topological polar surface area (TPSA) is 70.6 Å². The Morgan fingerprint density at radius 1 is 1.43 bits per heavy atom. The second-order valence-corrected chi connectivity index (χ2v) is 7.55. The van der Waals surface area contributed by atoms with Gasteiger partial charge in [0.2, 0.25) is 0 Å². The Hall–Kier alpha value is -1.11. The second-order valence-electron chi connectivity index (χ2n) is 6.77. The maximum atomic E-state index is 12.1. The van der Waals surface area contributed by atoms with Crippen LogP contribution in [-0.2, 0) is 10.3 Å². The largest absolute Gasteiger partial charge is 0.385 e. The van der Waals surface area contributed by atoms with E-state index < -0.39 is 5.60 Å². The third-order valence-corrected chi connectivity index (χ3v) is 5.54. The van der Waals surface area contributed by atoms with Crippen molar-refractivity contribution in [2.75, 3.05) is 26.8 Å². The molecule has 1 aromatic rings. The molecule has 0 aromatic carbocycles. The van der Waals surface area contributed by atoms with Crippen LogP contribution in [0.25, 0.3) is 0 Å². The van der Waals surface area contributed by atoms with Crippen LogP contribution in [0.5, 0.6) is 0 Å². The fourth-order valence-corrected chi connectivity index (χ4v) is 4.00. The quantitative estimate of drug-likeness (QED) is 0.681. The first kappa shape index (κ1) is 18.2. The zero-order valence-corrected chi connectivity index (χ0v) is 14.9. The third kappa shape index (κ3) is 5.19. The van der Waals surface area contributed by atoms with Crippen molar-refractivity contribution < 1.29 is 14.6 Å². The number of carbonyl (C=O) groups is 1. The van der Waals surface area contributed by atoms with Gasteiger partial charge in [-0.25, -0.2) is 4.79 Å². The van der Waals surface area contributed by atoms with Gasteiger partial charge in [0.15, 0.2) is 0 Å². The summed E-state index contributed by atoms with van der Waals surface area (Å²) in [6.45, 7) is 3.31. The molecule has 5 nitrogen and oxygen atoms in total. The highest BCUT2D eigenvalue weighted by Gasteiger charge is 2.34. The molecule has 23 heavy (non-hydrogen) atoms. The van der Waals surface area contributed by atoms with E-state index in [1.165, 1.54) is 24.2 Å². The zero-order chi connectivity index (χ0) is 16.8. The molecular weight excluding hydrogens is 312 g/mol. The number of thiophene rings is 1. The van der Waals surface area contributed by atoms with Crippen LogP contribution < -0.4 is 10.6 Å². The molecule has 3 N–H and O–H groups in total. The first-order valence-electron chi connectivity index (χ1n) is 8.23. The molecule has 0 radical (unpaired) electrons. The summed E-state index contributed by atoms with van der Waals surface area (Å²) < 4.78 is 5.21. The fraction of sp³-hybridized carbons (Fsp3) is 0.706. The lowest BCUT2D eigenvalue weighted by atomic mass is 9.83. The third-order valence-electron chi connectivity index (χ3n) is 4.86. The Kier molecular flexibility index (Phi) is 6.44. The predicted molar refractivity (Wildman–Crippen MR) is 92.7 cm³/mol. The van der Waals surface area contributed by atoms with Gasteiger partial charge in [0, 0.05) is 20.3 Å². The van der Waals surface area contributed by atoms with Crippen molar-refractivity contribution in [3.63, 3.8) is 0 Å². The molecule has 1 aliphatic rings. The Morgan fingerprint density at radius 2 is 2.17 bits per heavy atom. The van der Waals surface area contributed by atoms with E-state index in [4.69, 9.17) is 4.74 Å². The summed E-state index contributed by atoms with van der Waals surface area (Å²) in [6.07, 6.45) is 5.71. The Labute approximate surface area is 142 Å². The van der Waals surface area contributed by atoms with Gasteiger partial charge in [0.25, 0.3) is 0 Å². The van der Waals surface area contributed by atoms with Gasteiger partial charge >= 0.3 is 6.03 Å². The molecule has 1 atom stereocenters. The van der Waals surface area contributed by atoms with Crippen LogP contribution in [0.4, 0.5) is 4.79 Å². The van der Waals surface area contributed by atoms with E-state index in [1.54, 1.807) is 14.0 Å². The van der Waals surface area contributed by atoms with Crippen molar-refractivity contribution in [3.8, 4) is 0 Å². The number of ether oxygens (including phenoxy) is 1. The van der Waals surface area contributed by atoms with E-state index in [2.05, 4.69) is 10.6 Å². The minimum absolute atomic E-state index is 0.170. The van der Waals surface area contributed by atoms with Crippen molar-refractivity contribution in [2.24, 2.45) is 5.41 Å². The number of aliphatic hydroxyl groups is 1. The van der Waals surface area contributed by atoms with Crippen LogP contribution in [0.3, 0.4) is 0 Å². The van der Waals surface area contributed by atoms with Gasteiger partial charge in [0.1, 0.15) is 5.60 Å². The lowest BCUT2D eigenvalue weighted by molar-refractivity contribution is 0.0596. The number of hydrogen-bond acceptors (Lipinski definition) is 4. The molecule has 1 aromatic heterocycles. The Bertz CT molecular complexity index is 482. The van der Waals surface area contributed by atoms with E-state index >= 15 is 0 Å². The maximum Gasteiger partial charge on any atom is 0.314 e. The number of methoxy groups -OCH3 is 1. The minimum Gasteiger partial charge on any atom is -0.385 e. The molecule has 2 amide bonds. The fourth-order valence-electron chi connectivity index (χ4n) is 3.21. The van der Waals surface area contributed by atoms with Crippen LogP contribution in [-0.4, -0.2) is 37.9 Å². The van der Waals surface area contributed by atoms with E-state index in [0.29, 0.717) is 6.54 Å². The van der Waals surface area contributed by atoms with E-state index in [1.807, 2.05) is 16.8 Å². The molecule has 0 spiro atoms. The number of nitrogens with one attached hydrogen (secondary N) is 2. The SMILES string of the molecule is COCCC1(CNC(=O)NCC(C)(O)c2ccsc2)CCCC1. The molecule has 0 bridgehead atoms. The average Bonchev–Trinajstić information content (AvgIpc) is 3.21. The van der Waals surface area contributed by atoms with Gasteiger partial charge in [-0.15, -0.1) is 0 Å². The summed E-state index contributed by atoms with van der Waals surface area (Å²) in [5, 5.41) is 20.0. The molecule has 1 saturated carbocycles. The van der Waals surface area contributed by atoms with Crippen molar-refractivity contribution in [1.29, 1.82) is 0 Å². The molecule has 1 fully saturated rings. The second kappa shape index (κ2) is 8.13. The standard InChI is InChI=1S/C17H28N2O3S/c1-16(21,14-5-10-23-11-14)12-18-15(20)19-13-17(8-9-22-2)6-3-4-7-17/h5,10-11,21H,3-4,6-9,12-13H2,1-2H3,(H2,18,19,20). The molecule has 130 valence electrons. The molecule has 0 saturated heterocycles. The normalized spacial score (nSPS) is 19.3. The highest BCUT2D eigenvalue weighted by Crippen LogP contribution is 2.40. The van der Waals surface area contributed by atoms with Crippen LogP contribution in [0.15, 0.2) is 16.8 Å². The van der Waals surface area contributed by atoms with E-state index in [0.717, 1.165) is 31.4 Å². The smallest absolute Gasteiger partial charge is 0.314 e. The number of carbonyl (C=O) groups excluding carboxylic acids is 1. The molecule has 1 aliphatic carbocycles. The summed E-state index contributed by atoms with van der Waals surface area (Å²) in [7, 11) is 1.72. The van der Waals surface area contributed by atoms with Gasteiger partial charge in [-0.3, -0.25) is 0 Å². The number of urea groups is 1. The molecule has 2 rings (SSSR count). The lowest BCUT2D eigenvalue weighted by Crippen LogP contribution is -2.46. The number of amides is 2. The zero-order valence-electron chi connectivity index (χ0n) is 14.1. The monoisotopic (exact) mass is 340 g/mol. The lowest BCUT2D eigenvalue weighted by Gasteiger charge is -2.29. The summed E-state index contributed by atoms with van der Waals surface area (Å²) in [5.41, 5.74) is -0.0445. The summed E-state index contributed by atoms with van der Waals surface area (Å²) in [4.78, 5) is 12.1. The summed E-state index contributed by atoms with van der Waals surface area (Å²) >= 11 is 1.53. The Balaban J connectivity index is 1.78. The van der Waals surface area contributed by atoms with Crippen LogP contribution >= 0.6 is 11.3 Å². The predicted octanol–water partition coefficient (Wildman–Crippen LogP) is 2.85.